The molecule has 0 saturated heterocycles. The number of aromatic nitrogens is 5. The molecule has 0 bridgehead atoms. The van der Waals surface area contributed by atoms with Crippen LogP contribution in [0.4, 0.5) is 13.2 Å². The highest BCUT2D eigenvalue weighted by Crippen LogP contribution is 2.33. The third kappa shape index (κ3) is 3.73. The van der Waals surface area contributed by atoms with Gasteiger partial charge >= 0.3 is 6.18 Å². The number of rotatable bonds is 4. The van der Waals surface area contributed by atoms with E-state index < -0.39 is 17.8 Å². The highest BCUT2D eigenvalue weighted by atomic mass is 32.1. The van der Waals surface area contributed by atoms with Crippen LogP contribution in [0.3, 0.4) is 0 Å². The minimum atomic E-state index is -4.65. The number of thiophene rings is 1. The van der Waals surface area contributed by atoms with Crippen LogP contribution in [0.25, 0.3) is 16.2 Å². The van der Waals surface area contributed by atoms with E-state index in [1.807, 2.05) is 0 Å². The second-order valence-electron chi connectivity index (χ2n) is 6.40. The van der Waals surface area contributed by atoms with Crippen LogP contribution in [0, 0.1) is 6.92 Å². The molecule has 4 heterocycles. The van der Waals surface area contributed by atoms with E-state index in [1.54, 1.807) is 42.4 Å². The molecule has 0 aliphatic rings. The van der Waals surface area contributed by atoms with Gasteiger partial charge in [0.2, 0.25) is 0 Å². The largest absolute Gasteiger partial charge is 0.433 e. The van der Waals surface area contributed by atoms with E-state index in [2.05, 4.69) is 20.5 Å². The fraction of sp³-hybridized carbons (Fsp3) is 0.222. The van der Waals surface area contributed by atoms with Crippen molar-refractivity contribution in [1.82, 2.24) is 29.7 Å². The van der Waals surface area contributed by atoms with Gasteiger partial charge in [-0.1, -0.05) is 6.07 Å². The van der Waals surface area contributed by atoms with Gasteiger partial charge in [0.25, 0.3) is 5.91 Å². The smallest absolute Gasteiger partial charge is 0.346 e. The van der Waals surface area contributed by atoms with E-state index in [9.17, 15) is 18.0 Å². The fourth-order valence-electron chi connectivity index (χ4n) is 2.93. The molecule has 1 amide bonds. The molecule has 0 aliphatic heterocycles. The van der Waals surface area contributed by atoms with Crippen molar-refractivity contribution in [2.75, 3.05) is 0 Å². The molecule has 0 aliphatic carbocycles. The fourth-order valence-corrected chi connectivity index (χ4v) is 3.61. The predicted molar refractivity (Wildman–Crippen MR) is 100 cm³/mol. The first kappa shape index (κ1) is 19.1. The molecule has 0 aromatic carbocycles. The van der Waals surface area contributed by atoms with Crippen molar-refractivity contribution < 1.29 is 18.0 Å². The summed E-state index contributed by atoms with van der Waals surface area (Å²) in [6.07, 6.45) is -2.89. The number of amides is 1. The SMILES string of the molecule is Cc1nn(C)cc1CNC(=O)c1cc2nc(-c3cccs3)cc(C(F)(F)F)n2n1. The first-order chi connectivity index (χ1) is 13.7. The second kappa shape index (κ2) is 6.99. The van der Waals surface area contributed by atoms with E-state index in [4.69, 9.17) is 0 Å². The molecule has 4 aromatic heterocycles. The van der Waals surface area contributed by atoms with Crippen molar-refractivity contribution in [1.29, 1.82) is 0 Å². The maximum Gasteiger partial charge on any atom is 0.433 e. The zero-order valence-corrected chi connectivity index (χ0v) is 16.2. The average molecular weight is 420 g/mol. The Morgan fingerprint density at radius 2 is 2.07 bits per heavy atom. The van der Waals surface area contributed by atoms with Gasteiger partial charge in [-0.05, 0) is 24.4 Å². The number of carbonyl (C=O) groups excluding carboxylic acids is 1. The zero-order valence-electron chi connectivity index (χ0n) is 15.4. The molecular formula is C18H15F3N6OS. The molecule has 0 unspecified atom stereocenters. The lowest BCUT2D eigenvalue weighted by molar-refractivity contribution is -0.142. The summed E-state index contributed by atoms with van der Waals surface area (Å²) in [6, 6.07) is 5.60. The summed E-state index contributed by atoms with van der Waals surface area (Å²) in [5.41, 5.74) is 0.549. The Balaban J connectivity index is 1.69. The van der Waals surface area contributed by atoms with Gasteiger partial charge in [0, 0.05) is 31.4 Å². The van der Waals surface area contributed by atoms with E-state index >= 15 is 0 Å². The van der Waals surface area contributed by atoms with Gasteiger partial charge in [-0.2, -0.15) is 23.4 Å². The topological polar surface area (TPSA) is 77.1 Å². The summed E-state index contributed by atoms with van der Waals surface area (Å²) in [4.78, 5) is 17.3. The van der Waals surface area contributed by atoms with Crippen molar-refractivity contribution in [2.24, 2.45) is 7.05 Å². The molecule has 1 N–H and O–H groups in total. The minimum Gasteiger partial charge on any atom is -0.346 e. The number of alkyl halides is 3. The third-order valence-corrected chi connectivity index (χ3v) is 5.17. The number of hydrogen-bond acceptors (Lipinski definition) is 5. The van der Waals surface area contributed by atoms with Gasteiger partial charge in [0.1, 0.15) is 0 Å². The van der Waals surface area contributed by atoms with Gasteiger partial charge < -0.3 is 5.32 Å². The molecule has 0 spiro atoms. The Kier molecular flexibility index (Phi) is 4.61. The number of fused-ring (bicyclic) bond motifs is 1. The van der Waals surface area contributed by atoms with Crippen molar-refractivity contribution in [3.8, 4) is 10.6 Å². The second-order valence-corrected chi connectivity index (χ2v) is 7.35. The molecule has 150 valence electrons. The van der Waals surface area contributed by atoms with Gasteiger partial charge in [-0.25, -0.2) is 9.50 Å². The van der Waals surface area contributed by atoms with Gasteiger partial charge in [0.05, 0.1) is 16.3 Å². The number of nitrogens with one attached hydrogen (secondary N) is 1. The molecule has 29 heavy (non-hydrogen) atoms. The van der Waals surface area contributed by atoms with Crippen LogP contribution in [-0.4, -0.2) is 30.3 Å². The van der Waals surface area contributed by atoms with Crippen LogP contribution in [-0.2, 0) is 19.8 Å². The highest BCUT2D eigenvalue weighted by molar-refractivity contribution is 7.13. The number of hydrogen-bond donors (Lipinski definition) is 1. The van der Waals surface area contributed by atoms with Crippen molar-refractivity contribution in [3.63, 3.8) is 0 Å². The van der Waals surface area contributed by atoms with E-state index in [0.717, 1.165) is 17.3 Å². The van der Waals surface area contributed by atoms with Crippen LogP contribution in [0.5, 0.6) is 0 Å². The van der Waals surface area contributed by atoms with E-state index in [1.165, 1.54) is 17.4 Å². The van der Waals surface area contributed by atoms with Crippen molar-refractivity contribution >= 4 is 22.9 Å². The van der Waals surface area contributed by atoms with Crippen LogP contribution in [0.2, 0.25) is 0 Å². The molecule has 0 fully saturated rings. The first-order valence-electron chi connectivity index (χ1n) is 8.51. The van der Waals surface area contributed by atoms with Crippen LogP contribution >= 0.6 is 11.3 Å². The Bertz CT molecular complexity index is 1190. The summed E-state index contributed by atoms with van der Waals surface area (Å²) in [5.74, 6) is -0.593. The number of aryl methyl sites for hydroxylation is 2. The Hall–Kier alpha value is -3.21. The molecule has 11 heteroatoms. The van der Waals surface area contributed by atoms with Gasteiger partial charge in [-0.3, -0.25) is 9.48 Å². The monoisotopic (exact) mass is 420 g/mol. The Labute approximate surface area is 166 Å². The lowest BCUT2D eigenvalue weighted by Crippen LogP contribution is -2.23. The number of halogens is 3. The van der Waals surface area contributed by atoms with Crippen LogP contribution in [0.15, 0.2) is 35.8 Å². The normalized spacial score (nSPS) is 11.9. The summed E-state index contributed by atoms with van der Waals surface area (Å²) in [5, 5.41) is 12.4. The minimum absolute atomic E-state index is 0.0501. The van der Waals surface area contributed by atoms with Crippen LogP contribution in [0.1, 0.15) is 27.4 Å². The lowest BCUT2D eigenvalue weighted by Gasteiger charge is -2.10. The molecule has 7 nitrogen and oxygen atoms in total. The van der Waals surface area contributed by atoms with Gasteiger partial charge in [0.15, 0.2) is 17.0 Å². The number of nitrogens with zero attached hydrogens (tertiary/aromatic N) is 5. The van der Waals surface area contributed by atoms with Crippen molar-refractivity contribution in [3.05, 3.63) is 58.5 Å². The molecule has 0 radical (unpaired) electrons. The van der Waals surface area contributed by atoms with Crippen molar-refractivity contribution in [2.45, 2.75) is 19.6 Å². The Morgan fingerprint density at radius 3 is 2.69 bits per heavy atom. The third-order valence-electron chi connectivity index (χ3n) is 4.28. The summed E-state index contributed by atoms with van der Waals surface area (Å²) < 4.78 is 43.0. The number of carbonyl (C=O) groups is 1. The summed E-state index contributed by atoms with van der Waals surface area (Å²) >= 11 is 1.28. The van der Waals surface area contributed by atoms with Crippen LogP contribution < -0.4 is 5.32 Å². The van der Waals surface area contributed by atoms with E-state index in [-0.39, 0.29) is 23.6 Å². The highest BCUT2D eigenvalue weighted by Gasteiger charge is 2.35. The maximum atomic E-state index is 13.6. The zero-order chi connectivity index (χ0) is 20.8. The standard InChI is InChI=1S/C18H15F3N6OS/c1-10-11(9-26(2)24-10)8-22-17(28)13-7-16-23-12(14-4-3-5-29-14)6-15(18(19,20)21)27(16)25-13/h3-7,9H,8H2,1-2H3,(H,22,28). The predicted octanol–water partition coefficient (Wildman–Crippen LogP) is 3.45. The molecule has 4 rings (SSSR count). The Morgan fingerprint density at radius 1 is 1.28 bits per heavy atom. The quantitative estimate of drug-likeness (QED) is 0.549. The molecule has 0 atom stereocenters. The lowest BCUT2D eigenvalue weighted by atomic mass is 10.2. The average Bonchev–Trinajstić information content (AvgIpc) is 3.37. The van der Waals surface area contributed by atoms with Gasteiger partial charge in [-0.15, -0.1) is 11.3 Å². The van der Waals surface area contributed by atoms with E-state index in [0.29, 0.717) is 9.39 Å². The molecule has 4 aromatic rings. The summed E-state index contributed by atoms with van der Waals surface area (Å²) in [6.45, 7) is 1.99. The molecular weight excluding hydrogens is 405 g/mol. The maximum absolute atomic E-state index is 13.6. The summed E-state index contributed by atoms with van der Waals surface area (Å²) in [7, 11) is 1.76. The molecule has 0 saturated carbocycles. The first-order valence-corrected chi connectivity index (χ1v) is 9.39.